The van der Waals surface area contributed by atoms with Crippen LogP contribution in [0.3, 0.4) is 0 Å². The van der Waals surface area contributed by atoms with E-state index in [9.17, 15) is 4.39 Å². The van der Waals surface area contributed by atoms with E-state index in [1.807, 2.05) is 42.8 Å². The number of hydrogen-bond acceptors (Lipinski definition) is 4. The number of aryl methyl sites for hydroxylation is 2. The molecule has 4 aromatic rings. The van der Waals surface area contributed by atoms with Crippen molar-refractivity contribution in [2.24, 2.45) is 0 Å². The molecule has 0 aliphatic heterocycles. The summed E-state index contributed by atoms with van der Waals surface area (Å²) >= 11 is 0. The molecular formula is C25H27FN6. The van der Waals surface area contributed by atoms with E-state index in [1.165, 1.54) is 12.2 Å². The molecule has 164 valence electrons. The molecule has 0 fully saturated rings. The first-order chi connectivity index (χ1) is 15.4. The number of rotatable bonds is 7. The largest absolute Gasteiger partial charge is 0.382 e. The molecule has 7 heteroatoms. The Kier molecular flexibility index (Phi) is 5.90. The van der Waals surface area contributed by atoms with Crippen molar-refractivity contribution in [3.63, 3.8) is 0 Å². The fourth-order valence-corrected chi connectivity index (χ4v) is 3.96. The van der Waals surface area contributed by atoms with Crippen LogP contribution in [0.15, 0.2) is 61.0 Å². The lowest BCUT2D eigenvalue weighted by Gasteiger charge is -2.13. The number of nitrogens with zero attached hydrogens (tertiary/aromatic N) is 5. The molecule has 0 saturated carbocycles. The van der Waals surface area contributed by atoms with Gasteiger partial charge in [-0.2, -0.15) is 5.10 Å². The van der Waals surface area contributed by atoms with Crippen LogP contribution in [0.4, 0.5) is 10.2 Å². The normalized spacial score (nSPS) is 12.8. The molecule has 2 N–H and O–H groups in total. The quantitative estimate of drug-likeness (QED) is 0.389. The fraction of sp³-hybridized carbons (Fsp3) is 0.240. The first kappa shape index (κ1) is 21.5. The Morgan fingerprint density at radius 2 is 2.00 bits per heavy atom. The molecule has 0 aliphatic rings. The summed E-state index contributed by atoms with van der Waals surface area (Å²) < 4.78 is 17.6. The molecule has 0 atom stereocenters. The van der Waals surface area contributed by atoms with E-state index >= 15 is 0 Å². The molecule has 0 saturated heterocycles. The molecule has 0 radical (unpaired) electrons. The van der Waals surface area contributed by atoms with Crippen LogP contribution in [-0.2, 0) is 13.0 Å². The summed E-state index contributed by atoms with van der Waals surface area (Å²) in [6.45, 7) is 9.99. The van der Waals surface area contributed by atoms with Gasteiger partial charge in [-0.25, -0.2) is 19.0 Å². The van der Waals surface area contributed by atoms with Crippen LogP contribution >= 0.6 is 0 Å². The van der Waals surface area contributed by atoms with Gasteiger partial charge in [0.25, 0.3) is 0 Å². The summed E-state index contributed by atoms with van der Waals surface area (Å²) in [6.07, 6.45) is 6.04. The number of imidazole rings is 1. The van der Waals surface area contributed by atoms with Crippen LogP contribution in [0.1, 0.15) is 37.5 Å². The zero-order valence-electron chi connectivity index (χ0n) is 18.6. The first-order valence-corrected chi connectivity index (χ1v) is 10.7. The summed E-state index contributed by atoms with van der Waals surface area (Å²) in [6, 6.07) is 10.0. The van der Waals surface area contributed by atoms with Gasteiger partial charge in [0.05, 0.1) is 29.0 Å². The number of aromatic nitrogens is 5. The topological polar surface area (TPSA) is 74.5 Å². The highest BCUT2D eigenvalue weighted by Crippen LogP contribution is 2.30. The van der Waals surface area contributed by atoms with Gasteiger partial charge in [-0.15, -0.1) is 0 Å². The van der Waals surface area contributed by atoms with Crippen molar-refractivity contribution in [3.8, 4) is 0 Å². The standard InChI is InChI=1S/C25H27FN6/c1-5-9-22-29-23-24(20-10-7-8-11-21(20)28-25(23)27)31(22)15-19-14-16(3)30-32(19)17(4)12-13-18(26)6-2/h6-8,10-14H,2,5,9,15H2,1,3-4H3,(H2,27,28)/b17-12+,18-13+. The predicted molar refractivity (Wildman–Crippen MR) is 129 cm³/mol. The number of para-hydroxylation sites is 1. The molecule has 3 heterocycles. The van der Waals surface area contributed by atoms with E-state index in [0.29, 0.717) is 12.4 Å². The lowest BCUT2D eigenvalue weighted by molar-refractivity contribution is 0.667. The highest BCUT2D eigenvalue weighted by molar-refractivity contribution is 6.06. The van der Waals surface area contributed by atoms with Crippen LogP contribution in [0, 0.1) is 6.92 Å². The number of nitrogens with two attached hydrogens (primary N) is 1. The Morgan fingerprint density at radius 1 is 1.22 bits per heavy atom. The number of halogens is 1. The maximum atomic E-state index is 13.6. The molecule has 0 amide bonds. The van der Waals surface area contributed by atoms with E-state index in [4.69, 9.17) is 10.7 Å². The third-order valence-electron chi connectivity index (χ3n) is 5.40. The van der Waals surface area contributed by atoms with Crippen LogP contribution in [0.5, 0.6) is 0 Å². The van der Waals surface area contributed by atoms with Crippen LogP contribution in [-0.4, -0.2) is 24.3 Å². The predicted octanol–water partition coefficient (Wildman–Crippen LogP) is 5.57. The van der Waals surface area contributed by atoms with E-state index < -0.39 is 5.83 Å². The van der Waals surface area contributed by atoms with Gasteiger partial charge in [-0.1, -0.05) is 31.7 Å². The fourth-order valence-electron chi connectivity index (χ4n) is 3.96. The van der Waals surface area contributed by atoms with Gasteiger partial charge in [0.15, 0.2) is 5.82 Å². The highest BCUT2D eigenvalue weighted by Gasteiger charge is 2.19. The third-order valence-corrected chi connectivity index (χ3v) is 5.40. The number of anilines is 1. The van der Waals surface area contributed by atoms with E-state index in [2.05, 4.69) is 34.2 Å². The van der Waals surface area contributed by atoms with Gasteiger partial charge in [-0.3, -0.25) is 0 Å². The van der Waals surface area contributed by atoms with Crippen molar-refractivity contribution in [1.82, 2.24) is 24.3 Å². The van der Waals surface area contributed by atoms with Crippen LogP contribution in [0.2, 0.25) is 0 Å². The number of benzene rings is 1. The van der Waals surface area contributed by atoms with Crippen molar-refractivity contribution in [3.05, 3.63) is 78.2 Å². The zero-order chi connectivity index (χ0) is 22.8. The monoisotopic (exact) mass is 430 g/mol. The molecule has 3 aromatic heterocycles. The second-order valence-corrected chi connectivity index (χ2v) is 7.83. The molecule has 4 rings (SSSR count). The maximum Gasteiger partial charge on any atom is 0.152 e. The van der Waals surface area contributed by atoms with Crippen molar-refractivity contribution in [1.29, 1.82) is 0 Å². The number of allylic oxidation sites excluding steroid dienone is 5. The Bertz CT molecular complexity index is 1370. The van der Waals surface area contributed by atoms with E-state index in [-0.39, 0.29) is 0 Å². The second-order valence-electron chi connectivity index (χ2n) is 7.83. The minimum atomic E-state index is -0.393. The first-order valence-electron chi connectivity index (χ1n) is 10.7. The van der Waals surface area contributed by atoms with Crippen molar-refractivity contribution < 1.29 is 4.39 Å². The Balaban J connectivity index is 1.90. The minimum Gasteiger partial charge on any atom is -0.382 e. The molecule has 0 aliphatic carbocycles. The Morgan fingerprint density at radius 3 is 2.75 bits per heavy atom. The van der Waals surface area contributed by atoms with E-state index in [1.54, 1.807) is 6.08 Å². The number of fused-ring (bicyclic) bond motifs is 3. The smallest absolute Gasteiger partial charge is 0.152 e. The summed E-state index contributed by atoms with van der Waals surface area (Å²) in [5, 5.41) is 5.64. The van der Waals surface area contributed by atoms with Crippen LogP contribution in [0.25, 0.3) is 27.6 Å². The molecule has 0 bridgehead atoms. The van der Waals surface area contributed by atoms with Crippen molar-refractivity contribution in [2.45, 2.75) is 40.2 Å². The summed E-state index contributed by atoms with van der Waals surface area (Å²) in [7, 11) is 0. The molecule has 6 nitrogen and oxygen atoms in total. The average Bonchev–Trinajstić information content (AvgIpc) is 3.33. The molecule has 0 spiro atoms. The van der Waals surface area contributed by atoms with Crippen molar-refractivity contribution >= 4 is 33.5 Å². The van der Waals surface area contributed by atoms with Gasteiger partial charge in [0.1, 0.15) is 17.2 Å². The number of pyridine rings is 1. The Labute approximate surface area is 186 Å². The summed E-state index contributed by atoms with van der Waals surface area (Å²) in [5.74, 6) is 0.993. The molecule has 0 unspecified atom stereocenters. The number of hydrogen-bond donors (Lipinski definition) is 1. The third kappa shape index (κ3) is 3.93. The summed E-state index contributed by atoms with van der Waals surface area (Å²) in [5.41, 5.74) is 11.5. The SMILES string of the molecule is C=C/C(F)=C\C=C(/C)n1nc(C)cc1Cn1c(CCC)nc2c(N)nc3ccccc3c21. The average molecular weight is 431 g/mol. The van der Waals surface area contributed by atoms with Crippen LogP contribution < -0.4 is 5.73 Å². The lowest BCUT2D eigenvalue weighted by atomic mass is 10.2. The molecule has 32 heavy (non-hydrogen) atoms. The highest BCUT2D eigenvalue weighted by atomic mass is 19.1. The van der Waals surface area contributed by atoms with Gasteiger partial charge in [-0.05, 0) is 50.6 Å². The Hall–Kier alpha value is -3.74. The molecular weight excluding hydrogens is 403 g/mol. The summed E-state index contributed by atoms with van der Waals surface area (Å²) in [4.78, 5) is 9.41. The second kappa shape index (κ2) is 8.78. The zero-order valence-corrected chi connectivity index (χ0v) is 18.6. The van der Waals surface area contributed by atoms with Gasteiger partial charge < -0.3 is 10.3 Å². The lowest BCUT2D eigenvalue weighted by Crippen LogP contribution is -2.10. The van der Waals surface area contributed by atoms with Crippen molar-refractivity contribution in [2.75, 3.05) is 5.73 Å². The maximum absolute atomic E-state index is 13.6. The van der Waals surface area contributed by atoms with Gasteiger partial charge in [0.2, 0.25) is 0 Å². The van der Waals surface area contributed by atoms with Gasteiger partial charge in [0, 0.05) is 17.5 Å². The minimum absolute atomic E-state index is 0.393. The van der Waals surface area contributed by atoms with E-state index in [0.717, 1.165) is 57.7 Å². The molecule has 1 aromatic carbocycles. The van der Waals surface area contributed by atoms with Gasteiger partial charge >= 0.3 is 0 Å². The number of nitrogen functional groups attached to an aromatic ring is 1.